The fraction of sp³-hybridized carbons (Fsp3) is 0.357. The van der Waals surface area contributed by atoms with Crippen LogP contribution in [0.4, 0.5) is 0 Å². The van der Waals surface area contributed by atoms with E-state index in [9.17, 15) is 4.79 Å². The van der Waals surface area contributed by atoms with Crippen LogP contribution >= 0.6 is 11.6 Å². The molecule has 2 heterocycles. The van der Waals surface area contributed by atoms with Crippen molar-refractivity contribution >= 4 is 17.6 Å². The molecule has 1 aromatic carbocycles. The molecule has 1 saturated heterocycles. The Morgan fingerprint density at radius 2 is 2.24 bits per heavy atom. The summed E-state index contributed by atoms with van der Waals surface area (Å²) in [5, 5.41) is 17.1. The number of halogens is 1. The van der Waals surface area contributed by atoms with Crippen LogP contribution in [0.3, 0.4) is 0 Å². The first-order valence-electron chi connectivity index (χ1n) is 6.65. The van der Waals surface area contributed by atoms with E-state index in [1.165, 1.54) is 6.20 Å². The van der Waals surface area contributed by atoms with Gasteiger partial charge in [-0.3, -0.25) is 4.90 Å². The number of hydrogen-bond acceptors (Lipinski definition) is 4. The highest BCUT2D eigenvalue weighted by Crippen LogP contribution is 2.26. The van der Waals surface area contributed by atoms with Crippen LogP contribution in [0.5, 0.6) is 0 Å². The number of rotatable bonds is 4. The second-order valence-electron chi connectivity index (χ2n) is 5.33. The van der Waals surface area contributed by atoms with E-state index >= 15 is 0 Å². The highest BCUT2D eigenvalue weighted by molar-refractivity contribution is 6.31. The summed E-state index contributed by atoms with van der Waals surface area (Å²) < 4.78 is 1.62. The number of aromatic carboxylic acids is 1. The molecule has 0 saturated carbocycles. The monoisotopic (exact) mass is 306 g/mol. The maximum Gasteiger partial charge on any atom is 0.358 e. The molecule has 2 aromatic rings. The zero-order valence-corrected chi connectivity index (χ0v) is 12.3. The molecule has 1 aromatic heterocycles. The minimum atomic E-state index is -1.05. The van der Waals surface area contributed by atoms with Gasteiger partial charge in [-0.25, -0.2) is 9.48 Å². The minimum absolute atomic E-state index is 0.0185. The standard InChI is InChI=1S/C14H15ClN4O2/c1-9-2-3-10(12(15)4-9)5-18-6-11(7-18)19-8-13(14(20)21)16-17-19/h2-4,8,11H,5-7H2,1H3,(H,20,21). The summed E-state index contributed by atoms with van der Waals surface area (Å²) in [6.45, 7) is 4.43. The molecule has 110 valence electrons. The van der Waals surface area contributed by atoms with E-state index in [2.05, 4.69) is 21.3 Å². The first-order valence-corrected chi connectivity index (χ1v) is 7.03. The van der Waals surface area contributed by atoms with Crippen LogP contribution < -0.4 is 0 Å². The average molecular weight is 307 g/mol. The van der Waals surface area contributed by atoms with Gasteiger partial charge in [0, 0.05) is 24.7 Å². The molecule has 1 fully saturated rings. The Labute approximate surface area is 126 Å². The predicted octanol–water partition coefficient (Wildman–Crippen LogP) is 2.00. The summed E-state index contributed by atoms with van der Waals surface area (Å²) in [5.41, 5.74) is 2.23. The third-order valence-electron chi connectivity index (χ3n) is 3.64. The summed E-state index contributed by atoms with van der Waals surface area (Å²) >= 11 is 6.23. The van der Waals surface area contributed by atoms with Gasteiger partial charge in [-0.05, 0) is 24.1 Å². The van der Waals surface area contributed by atoms with Crippen LogP contribution in [0.25, 0.3) is 0 Å². The summed E-state index contributed by atoms with van der Waals surface area (Å²) in [4.78, 5) is 13.0. The molecule has 6 nitrogen and oxygen atoms in total. The smallest absolute Gasteiger partial charge is 0.358 e. The van der Waals surface area contributed by atoms with Crippen LogP contribution in [-0.4, -0.2) is 44.1 Å². The van der Waals surface area contributed by atoms with E-state index in [0.29, 0.717) is 0 Å². The Balaban J connectivity index is 1.59. The van der Waals surface area contributed by atoms with Crippen molar-refractivity contribution in [1.82, 2.24) is 19.9 Å². The van der Waals surface area contributed by atoms with Gasteiger partial charge in [0.05, 0.1) is 12.2 Å². The largest absolute Gasteiger partial charge is 0.476 e. The summed E-state index contributed by atoms with van der Waals surface area (Å²) in [6, 6.07) is 6.23. The molecular formula is C14H15ClN4O2. The second kappa shape index (κ2) is 5.46. The van der Waals surface area contributed by atoms with Crippen molar-refractivity contribution in [3.05, 3.63) is 46.2 Å². The number of aryl methyl sites for hydroxylation is 1. The van der Waals surface area contributed by atoms with E-state index < -0.39 is 5.97 Å². The van der Waals surface area contributed by atoms with Gasteiger partial charge in [-0.1, -0.05) is 28.9 Å². The van der Waals surface area contributed by atoms with Crippen molar-refractivity contribution in [3.63, 3.8) is 0 Å². The van der Waals surface area contributed by atoms with Crippen LogP contribution in [-0.2, 0) is 6.54 Å². The normalized spacial score (nSPS) is 15.9. The Morgan fingerprint density at radius 3 is 2.86 bits per heavy atom. The molecule has 0 atom stereocenters. The maximum atomic E-state index is 10.8. The topological polar surface area (TPSA) is 71.2 Å². The molecule has 0 amide bonds. The molecule has 0 bridgehead atoms. The molecule has 21 heavy (non-hydrogen) atoms. The fourth-order valence-electron chi connectivity index (χ4n) is 2.41. The lowest BCUT2D eigenvalue weighted by Crippen LogP contribution is -2.47. The predicted molar refractivity (Wildman–Crippen MR) is 77.5 cm³/mol. The second-order valence-corrected chi connectivity index (χ2v) is 5.74. The molecule has 1 N–H and O–H groups in total. The first-order chi connectivity index (χ1) is 10.0. The van der Waals surface area contributed by atoms with Gasteiger partial charge in [0.15, 0.2) is 5.69 Å². The van der Waals surface area contributed by atoms with Crippen molar-refractivity contribution in [2.45, 2.75) is 19.5 Å². The van der Waals surface area contributed by atoms with Crippen LogP contribution in [0.2, 0.25) is 5.02 Å². The molecule has 0 unspecified atom stereocenters. The van der Waals surface area contributed by atoms with Crippen molar-refractivity contribution in [2.75, 3.05) is 13.1 Å². The lowest BCUT2D eigenvalue weighted by atomic mass is 10.1. The quantitative estimate of drug-likeness (QED) is 0.935. The van der Waals surface area contributed by atoms with Gasteiger partial charge in [0.2, 0.25) is 0 Å². The van der Waals surface area contributed by atoms with Crippen LogP contribution in [0.1, 0.15) is 27.7 Å². The van der Waals surface area contributed by atoms with Gasteiger partial charge in [0.1, 0.15) is 0 Å². The molecular weight excluding hydrogens is 292 g/mol. The zero-order chi connectivity index (χ0) is 15.0. The Hall–Kier alpha value is -1.92. The third-order valence-corrected chi connectivity index (χ3v) is 4.00. The molecule has 0 spiro atoms. The van der Waals surface area contributed by atoms with Crippen molar-refractivity contribution in [3.8, 4) is 0 Å². The van der Waals surface area contributed by atoms with E-state index in [-0.39, 0.29) is 11.7 Å². The lowest BCUT2D eigenvalue weighted by Gasteiger charge is -2.39. The van der Waals surface area contributed by atoms with Gasteiger partial charge in [-0.2, -0.15) is 0 Å². The molecule has 0 radical (unpaired) electrons. The molecule has 0 aliphatic carbocycles. The fourth-order valence-corrected chi connectivity index (χ4v) is 2.71. The molecule has 3 rings (SSSR count). The van der Waals surface area contributed by atoms with Gasteiger partial charge < -0.3 is 5.11 Å². The number of nitrogens with zero attached hydrogens (tertiary/aromatic N) is 4. The highest BCUT2D eigenvalue weighted by Gasteiger charge is 2.29. The van der Waals surface area contributed by atoms with Crippen LogP contribution in [0, 0.1) is 6.92 Å². The zero-order valence-electron chi connectivity index (χ0n) is 11.5. The average Bonchev–Trinajstić information content (AvgIpc) is 2.84. The van der Waals surface area contributed by atoms with E-state index in [4.69, 9.17) is 16.7 Å². The lowest BCUT2D eigenvalue weighted by molar-refractivity contribution is 0.0690. The molecule has 7 heteroatoms. The van der Waals surface area contributed by atoms with Crippen molar-refractivity contribution < 1.29 is 9.90 Å². The van der Waals surface area contributed by atoms with Crippen molar-refractivity contribution in [2.24, 2.45) is 0 Å². The number of aromatic nitrogens is 3. The summed E-state index contributed by atoms with van der Waals surface area (Å²) in [6.07, 6.45) is 1.48. The maximum absolute atomic E-state index is 10.8. The molecule has 1 aliphatic rings. The first kappa shape index (κ1) is 14.0. The number of carbonyl (C=O) groups is 1. The molecule has 1 aliphatic heterocycles. The Bertz CT molecular complexity index is 679. The van der Waals surface area contributed by atoms with Gasteiger partial charge in [-0.15, -0.1) is 5.10 Å². The number of carboxylic acid groups (broad SMARTS) is 1. The summed E-state index contributed by atoms with van der Waals surface area (Å²) in [5.74, 6) is -1.05. The van der Waals surface area contributed by atoms with Crippen LogP contribution in [0.15, 0.2) is 24.4 Å². The Kier molecular flexibility index (Phi) is 3.65. The number of benzene rings is 1. The van der Waals surface area contributed by atoms with E-state index in [1.807, 2.05) is 19.1 Å². The van der Waals surface area contributed by atoms with Gasteiger partial charge >= 0.3 is 5.97 Å². The van der Waals surface area contributed by atoms with E-state index in [1.54, 1.807) is 4.68 Å². The van der Waals surface area contributed by atoms with Crippen molar-refractivity contribution in [1.29, 1.82) is 0 Å². The third kappa shape index (κ3) is 2.91. The van der Waals surface area contributed by atoms with E-state index in [0.717, 1.165) is 35.8 Å². The highest BCUT2D eigenvalue weighted by atomic mass is 35.5. The SMILES string of the molecule is Cc1ccc(CN2CC(n3cc(C(=O)O)nn3)C2)c(Cl)c1. The Morgan fingerprint density at radius 1 is 1.48 bits per heavy atom. The number of likely N-dealkylation sites (tertiary alicyclic amines) is 1. The number of carboxylic acids is 1. The van der Waals surface area contributed by atoms with Gasteiger partial charge in [0.25, 0.3) is 0 Å². The minimum Gasteiger partial charge on any atom is -0.476 e. The number of hydrogen-bond donors (Lipinski definition) is 1. The summed E-state index contributed by atoms with van der Waals surface area (Å²) in [7, 11) is 0.